The normalized spacial score (nSPS) is 11.8. The number of nitrogens with one attached hydrogen (secondary N) is 1. The zero-order valence-electron chi connectivity index (χ0n) is 15.1. The zero-order chi connectivity index (χ0) is 19.6. The number of allylic oxidation sites excluding steroid dienone is 1. The quantitative estimate of drug-likeness (QED) is 0.353. The summed E-state index contributed by atoms with van der Waals surface area (Å²) in [6.45, 7) is 0.311. The molecule has 0 amide bonds. The van der Waals surface area contributed by atoms with Crippen LogP contribution in [-0.2, 0) is 20.7 Å². The molecule has 0 aliphatic rings. The Morgan fingerprint density at radius 2 is 1.93 bits per heavy atom. The fourth-order valence-corrected chi connectivity index (χ4v) is 2.89. The van der Waals surface area contributed by atoms with Gasteiger partial charge in [0.15, 0.2) is 5.70 Å². The van der Waals surface area contributed by atoms with E-state index in [1.54, 1.807) is 29.3 Å². The van der Waals surface area contributed by atoms with Crippen molar-refractivity contribution in [3.05, 3.63) is 69.8 Å². The van der Waals surface area contributed by atoms with Crippen molar-refractivity contribution < 1.29 is 4.74 Å². The predicted molar refractivity (Wildman–Crippen MR) is 103 cm³/mol. The van der Waals surface area contributed by atoms with E-state index in [2.05, 4.69) is 5.43 Å². The Kier molecular flexibility index (Phi) is 4.88. The van der Waals surface area contributed by atoms with Crippen molar-refractivity contribution >= 4 is 16.7 Å². The third kappa shape index (κ3) is 3.36. The lowest BCUT2D eigenvalue weighted by molar-refractivity contribution is 0.306. The standard InChI is InChI=1S/C19H20N6O2/c1-24-16-7-6-14(9-17(16)25(2)19(24)26)27-11-12-4-3-5-13(8-12)18(21)15(10-20)23-22/h3-9,23H,11,21-22H2,1-2H3/b18-15-. The van der Waals surface area contributed by atoms with Crippen LogP contribution in [0.15, 0.2) is 53.0 Å². The van der Waals surface area contributed by atoms with Crippen molar-refractivity contribution in [2.24, 2.45) is 25.7 Å². The van der Waals surface area contributed by atoms with Gasteiger partial charge in [-0.1, -0.05) is 18.2 Å². The van der Waals surface area contributed by atoms with Gasteiger partial charge in [0.25, 0.3) is 0 Å². The van der Waals surface area contributed by atoms with E-state index in [0.717, 1.165) is 16.6 Å². The summed E-state index contributed by atoms with van der Waals surface area (Å²) in [4.78, 5) is 12.0. The second kappa shape index (κ2) is 7.27. The van der Waals surface area contributed by atoms with Gasteiger partial charge in [0.05, 0.1) is 16.7 Å². The number of nitrogens with two attached hydrogens (primary N) is 2. The summed E-state index contributed by atoms with van der Waals surface area (Å²) >= 11 is 0. The van der Waals surface area contributed by atoms with Crippen molar-refractivity contribution in [3.8, 4) is 11.8 Å². The van der Waals surface area contributed by atoms with E-state index in [-0.39, 0.29) is 17.1 Å². The first-order valence-corrected chi connectivity index (χ1v) is 8.20. The van der Waals surface area contributed by atoms with Crippen LogP contribution >= 0.6 is 0 Å². The third-order valence-electron chi connectivity index (χ3n) is 4.41. The van der Waals surface area contributed by atoms with Gasteiger partial charge in [-0.3, -0.25) is 9.13 Å². The first-order valence-electron chi connectivity index (χ1n) is 8.20. The molecule has 0 aliphatic heterocycles. The number of ether oxygens (including phenoxy) is 1. The highest BCUT2D eigenvalue weighted by Crippen LogP contribution is 2.21. The first kappa shape index (κ1) is 18.1. The molecule has 0 saturated carbocycles. The van der Waals surface area contributed by atoms with E-state index in [1.165, 1.54) is 0 Å². The maximum absolute atomic E-state index is 12.0. The molecule has 0 spiro atoms. The third-order valence-corrected chi connectivity index (χ3v) is 4.41. The summed E-state index contributed by atoms with van der Waals surface area (Å²) in [6, 6.07) is 14.8. The van der Waals surface area contributed by atoms with Crippen molar-refractivity contribution in [1.82, 2.24) is 14.6 Å². The summed E-state index contributed by atoms with van der Waals surface area (Å²) in [7, 11) is 3.46. The Morgan fingerprint density at radius 1 is 1.19 bits per heavy atom. The number of imidazole rings is 1. The van der Waals surface area contributed by atoms with Crippen LogP contribution < -0.4 is 27.4 Å². The number of nitrogens with zero attached hydrogens (tertiary/aromatic N) is 3. The van der Waals surface area contributed by atoms with Crippen LogP contribution in [0.1, 0.15) is 11.1 Å². The highest BCUT2D eigenvalue weighted by Gasteiger charge is 2.09. The van der Waals surface area contributed by atoms with Gasteiger partial charge in [0, 0.05) is 25.7 Å². The highest BCUT2D eigenvalue weighted by atomic mass is 16.5. The average molecular weight is 364 g/mol. The number of aryl methyl sites for hydroxylation is 2. The van der Waals surface area contributed by atoms with Crippen molar-refractivity contribution in [1.29, 1.82) is 5.26 Å². The van der Waals surface area contributed by atoms with Crippen LogP contribution in [0.25, 0.3) is 16.7 Å². The number of hydrogen-bond donors (Lipinski definition) is 3. The topological polar surface area (TPSA) is 124 Å². The predicted octanol–water partition coefficient (Wildman–Crippen LogP) is 1.07. The number of rotatable bonds is 5. The zero-order valence-corrected chi connectivity index (χ0v) is 15.1. The molecular weight excluding hydrogens is 344 g/mol. The molecule has 8 nitrogen and oxygen atoms in total. The van der Waals surface area contributed by atoms with Crippen LogP contribution in [0.5, 0.6) is 5.75 Å². The number of hydrazine groups is 1. The molecule has 0 saturated heterocycles. The molecule has 1 aromatic heterocycles. The number of hydrogen-bond acceptors (Lipinski definition) is 6. The van der Waals surface area contributed by atoms with Crippen molar-refractivity contribution in [3.63, 3.8) is 0 Å². The lowest BCUT2D eigenvalue weighted by atomic mass is 10.1. The van der Waals surface area contributed by atoms with Gasteiger partial charge in [-0.15, -0.1) is 0 Å². The van der Waals surface area contributed by atoms with E-state index >= 15 is 0 Å². The fourth-order valence-electron chi connectivity index (χ4n) is 2.89. The molecule has 0 aliphatic carbocycles. The summed E-state index contributed by atoms with van der Waals surface area (Å²) < 4.78 is 9.04. The Bertz CT molecular complexity index is 1130. The van der Waals surface area contributed by atoms with E-state index in [0.29, 0.717) is 17.9 Å². The Morgan fingerprint density at radius 3 is 2.63 bits per heavy atom. The Balaban J connectivity index is 1.84. The van der Waals surface area contributed by atoms with Crippen LogP contribution in [0.2, 0.25) is 0 Å². The average Bonchev–Trinajstić information content (AvgIpc) is 2.91. The maximum Gasteiger partial charge on any atom is 0.328 e. The molecule has 8 heteroatoms. The summed E-state index contributed by atoms with van der Waals surface area (Å²) in [6.07, 6.45) is 0. The number of aromatic nitrogens is 2. The van der Waals surface area contributed by atoms with E-state index < -0.39 is 0 Å². The lowest BCUT2D eigenvalue weighted by Crippen LogP contribution is -2.23. The second-order valence-corrected chi connectivity index (χ2v) is 6.08. The number of fused-ring (bicyclic) bond motifs is 1. The van der Waals surface area contributed by atoms with Gasteiger partial charge in [-0.2, -0.15) is 5.26 Å². The molecule has 138 valence electrons. The summed E-state index contributed by atoms with van der Waals surface area (Å²) in [5.41, 5.74) is 11.7. The SMILES string of the molecule is Cn1c(=O)n(C)c2cc(OCc3cccc(/C(N)=C(\C#N)NN)c3)ccc21. The van der Waals surface area contributed by atoms with Crippen molar-refractivity contribution in [2.45, 2.75) is 6.61 Å². The second-order valence-electron chi connectivity index (χ2n) is 6.08. The monoisotopic (exact) mass is 364 g/mol. The lowest BCUT2D eigenvalue weighted by Gasteiger charge is -2.10. The molecule has 0 atom stereocenters. The largest absolute Gasteiger partial charge is 0.489 e. The summed E-state index contributed by atoms with van der Waals surface area (Å²) in [5, 5.41) is 9.03. The van der Waals surface area contributed by atoms with Crippen LogP contribution in [0, 0.1) is 11.3 Å². The minimum atomic E-state index is -0.0843. The molecule has 1 heterocycles. The molecule has 3 rings (SSSR count). The van der Waals surface area contributed by atoms with Gasteiger partial charge in [-0.05, 0) is 23.8 Å². The molecule has 3 aromatic rings. The molecular formula is C19H20N6O2. The van der Waals surface area contributed by atoms with Gasteiger partial charge in [-0.25, -0.2) is 10.6 Å². The van der Waals surface area contributed by atoms with Crippen molar-refractivity contribution in [2.75, 3.05) is 0 Å². The molecule has 27 heavy (non-hydrogen) atoms. The Labute approximate surface area is 155 Å². The minimum absolute atomic E-state index is 0.0843. The number of nitriles is 1. The number of benzene rings is 2. The minimum Gasteiger partial charge on any atom is -0.489 e. The van der Waals surface area contributed by atoms with E-state index in [9.17, 15) is 4.79 Å². The van der Waals surface area contributed by atoms with E-state index in [4.69, 9.17) is 21.6 Å². The molecule has 5 N–H and O–H groups in total. The fraction of sp³-hybridized carbons (Fsp3) is 0.158. The van der Waals surface area contributed by atoms with Crippen LogP contribution in [0.4, 0.5) is 0 Å². The van der Waals surface area contributed by atoms with Crippen LogP contribution in [-0.4, -0.2) is 9.13 Å². The van der Waals surface area contributed by atoms with Gasteiger partial charge in [0.1, 0.15) is 18.4 Å². The highest BCUT2D eigenvalue weighted by molar-refractivity contribution is 5.77. The molecule has 0 fully saturated rings. The molecule has 0 radical (unpaired) electrons. The van der Waals surface area contributed by atoms with Gasteiger partial charge in [0.2, 0.25) is 0 Å². The van der Waals surface area contributed by atoms with Gasteiger partial charge >= 0.3 is 5.69 Å². The molecule has 0 unspecified atom stereocenters. The smallest absolute Gasteiger partial charge is 0.328 e. The van der Waals surface area contributed by atoms with Crippen LogP contribution in [0.3, 0.4) is 0 Å². The van der Waals surface area contributed by atoms with E-state index in [1.807, 2.05) is 42.5 Å². The Hall–Kier alpha value is -3.70. The summed E-state index contributed by atoms with van der Waals surface area (Å²) in [5.74, 6) is 5.96. The molecule has 2 aromatic carbocycles. The molecule has 0 bridgehead atoms. The maximum atomic E-state index is 12.0. The first-order chi connectivity index (χ1) is 13.0. The van der Waals surface area contributed by atoms with Gasteiger partial charge < -0.3 is 15.9 Å².